The van der Waals surface area contributed by atoms with Gasteiger partial charge in [-0.25, -0.2) is 0 Å². The summed E-state index contributed by atoms with van der Waals surface area (Å²) in [6.07, 6.45) is 0. The molecule has 0 aromatic heterocycles. The summed E-state index contributed by atoms with van der Waals surface area (Å²) in [5, 5.41) is 5.87. The first kappa shape index (κ1) is 16.0. The molecule has 2 amide bonds. The number of anilines is 1. The molecular weight excluding hydrogens is 300 g/mol. The lowest BCUT2D eigenvalue weighted by atomic mass is 10.1. The minimum absolute atomic E-state index is 0.0985. The predicted molar refractivity (Wildman–Crippen MR) is 88.3 cm³/mol. The normalized spacial score (nSPS) is 10.1. The number of benzene rings is 2. The Hall–Kier alpha value is -2.33. The van der Waals surface area contributed by atoms with E-state index in [9.17, 15) is 9.59 Å². The molecule has 0 unspecified atom stereocenters. The van der Waals surface area contributed by atoms with Gasteiger partial charge in [-0.05, 0) is 43.7 Å². The van der Waals surface area contributed by atoms with Gasteiger partial charge in [-0.1, -0.05) is 35.4 Å². The summed E-state index contributed by atoms with van der Waals surface area (Å²) in [5.74, 6) is -0.576. The van der Waals surface area contributed by atoms with E-state index < -0.39 is 0 Å². The maximum atomic E-state index is 12.0. The lowest BCUT2D eigenvalue weighted by molar-refractivity contribution is -0.115. The maximum Gasteiger partial charge on any atom is 0.251 e. The van der Waals surface area contributed by atoms with Crippen LogP contribution in [0, 0.1) is 13.8 Å². The molecule has 2 rings (SSSR count). The fourth-order valence-electron chi connectivity index (χ4n) is 1.97. The fraction of sp³-hybridized carbons (Fsp3) is 0.176. The molecule has 0 aliphatic carbocycles. The lowest BCUT2D eigenvalue weighted by Crippen LogP contribution is -2.33. The van der Waals surface area contributed by atoms with E-state index in [0.29, 0.717) is 16.3 Å². The van der Waals surface area contributed by atoms with E-state index in [1.807, 2.05) is 26.0 Å². The Morgan fingerprint density at radius 3 is 2.59 bits per heavy atom. The van der Waals surface area contributed by atoms with Gasteiger partial charge < -0.3 is 10.6 Å². The smallest absolute Gasteiger partial charge is 0.251 e. The van der Waals surface area contributed by atoms with Gasteiger partial charge in [-0.15, -0.1) is 0 Å². The highest BCUT2D eigenvalue weighted by Gasteiger charge is 2.09. The maximum absolute atomic E-state index is 12.0. The van der Waals surface area contributed by atoms with Crippen molar-refractivity contribution in [1.29, 1.82) is 0 Å². The molecule has 5 heteroatoms. The SMILES string of the molecule is Cc1cccc(C(=O)NCC(=O)Nc2cc(Cl)ccc2C)c1. The number of hydrogen-bond donors (Lipinski definition) is 2. The number of halogens is 1. The topological polar surface area (TPSA) is 58.2 Å². The van der Waals surface area contributed by atoms with Crippen molar-refractivity contribution in [1.82, 2.24) is 5.32 Å². The summed E-state index contributed by atoms with van der Waals surface area (Å²) >= 11 is 5.90. The van der Waals surface area contributed by atoms with Crippen molar-refractivity contribution >= 4 is 29.1 Å². The molecule has 0 fully saturated rings. The average molecular weight is 317 g/mol. The molecule has 0 spiro atoms. The van der Waals surface area contributed by atoms with Crippen LogP contribution in [0.5, 0.6) is 0 Å². The van der Waals surface area contributed by atoms with Crippen molar-refractivity contribution in [2.24, 2.45) is 0 Å². The second-order valence-corrected chi connectivity index (χ2v) is 5.50. The molecule has 0 saturated carbocycles. The quantitative estimate of drug-likeness (QED) is 0.909. The van der Waals surface area contributed by atoms with Gasteiger partial charge in [0, 0.05) is 16.3 Å². The van der Waals surface area contributed by atoms with Crippen LogP contribution in [0.1, 0.15) is 21.5 Å². The van der Waals surface area contributed by atoms with Gasteiger partial charge >= 0.3 is 0 Å². The highest BCUT2D eigenvalue weighted by molar-refractivity contribution is 6.31. The van der Waals surface area contributed by atoms with Gasteiger partial charge in [-0.3, -0.25) is 9.59 Å². The average Bonchev–Trinajstić information content (AvgIpc) is 2.48. The van der Waals surface area contributed by atoms with Crippen molar-refractivity contribution in [3.63, 3.8) is 0 Å². The van der Waals surface area contributed by atoms with E-state index in [2.05, 4.69) is 10.6 Å². The van der Waals surface area contributed by atoms with E-state index in [1.165, 1.54) is 0 Å². The molecular formula is C17H17ClN2O2. The molecule has 2 aromatic carbocycles. The Bertz CT molecular complexity index is 714. The van der Waals surface area contributed by atoms with Crippen LogP contribution in [0.15, 0.2) is 42.5 Å². The number of rotatable bonds is 4. The molecule has 0 heterocycles. The van der Waals surface area contributed by atoms with Crippen molar-refractivity contribution in [3.8, 4) is 0 Å². The van der Waals surface area contributed by atoms with Gasteiger partial charge in [0.1, 0.15) is 0 Å². The van der Waals surface area contributed by atoms with Crippen LogP contribution in [0.25, 0.3) is 0 Å². The van der Waals surface area contributed by atoms with Gasteiger partial charge in [0.2, 0.25) is 5.91 Å². The first-order valence-corrected chi connectivity index (χ1v) is 7.24. The third kappa shape index (κ3) is 4.33. The van der Waals surface area contributed by atoms with Gasteiger partial charge in [-0.2, -0.15) is 0 Å². The summed E-state index contributed by atoms with van der Waals surface area (Å²) in [4.78, 5) is 23.9. The van der Waals surface area contributed by atoms with Gasteiger partial charge in [0.15, 0.2) is 0 Å². The number of aryl methyl sites for hydroxylation is 2. The van der Waals surface area contributed by atoms with E-state index in [0.717, 1.165) is 11.1 Å². The Balaban J connectivity index is 1.93. The summed E-state index contributed by atoms with van der Waals surface area (Å²) in [6, 6.07) is 12.5. The van der Waals surface area contributed by atoms with Crippen molar-refractivity contribution < 1.29 is 9.59 Å². The minimum atomic E-state index is -0.300. The lowest BCUT2D eigenvalue weighted by Gasteiger charge is -2.10. The third-order valence-corrected chi connectivity index (χ3v) is 3.40. The first-order chi connectivity index (χ1) is 10.5. The Morgan fingerprint density at radius 1 is 1.09 bits per heavy atom. The molecule has 0 bridgehead atoms. The highest BCUT2D eigenvalue weighted by Crippen LogP contribution is 2.19. The molecule has 2 aromatic rings. The molecule has 4 nitrogen and oxygen atoms in total. The third-order valence-electron chi connectivity index (χ3n) is 3.16. The molecule has 0 atom stereocenters. The molecule has 0 saturated heterocycles. The summed E-state index contributed by atoms with van der Waals surface area (Å²) in [6.45, 7) is 3.68. The Kier molecular flexibility index (Phi) is 5.17. The standard InChI is InChI=1S/C17H17ClN2O2/c1-11-4-3-5-13(8-11)17(22)19-10-16(21)20-15-9-14(18)7-6-12(15)2/h3-9H,10H2,1-2H3,(H,19,22)(H,20,21). The zero-order valence-corrected chi connectivity index (χ0v) is 13.2. The second-order valence-electron chi connectivity index (χ2n) is 5.06. The Labute approximate surface area is 134 Å². The number of carbonyl (C=O) groups is 2. The predicted octanol–water partition coefficient (Wildman–Crippen LogP) is 3.33. The monoisotopic (exact) mass is 316 g/mol. The second kappa shape index (κ2) is 7.09. The van der Waals surface area contributed by atoms with Crippen LogP contribution in [0.3, 0.4) is 0 Å². The van der Waals surface area contributed by atoms with Crippen molar-refractivity contribution in [2.75, 3.05) is 11.9 Å². The van der Waals surface area contributed by atoms with Crippen molar-refractivity contribution in [2.45, 2.75) is 13.8 Å². The number of nitrogens with one attached hydrogen (secondary N) is 2. The first-order valence-electron chi connectivity index (χ1n) is 6.86. The number of hydrogen-bond acceptors (Lipinski definition) is 2. The number of amides is 2. The van der Waals surface area contributed by atoms with Gasteiger partial charge in [0.25, 0.3) is 5.91 Å². The van der Waals surface area contributed by atoms with Gasteiger partial charge in [0.05, 0.1) is 6.54 Å². The van der Waals surface area contributed by atoms with Crippen LogP contribution in [0.2, 0.25) is 5.02 Å². The van der Waals surface area contributed by atoms with Crippen LogP contribution in [0.4, 0.5) is 5.69 Å². The summed E-state index contributed by atoms with van der Waals surface area (Å²) < 4.78 is 0. The minimum Gasteiger partial charge on any atom is -0.343 e. The zero-order valence-electron chi connectivity index (χ0n) is 12.4. The van der Waals surface area contributed by atoms with Crippen LogP contribution in [-0.2, 0) is 4.79 Å². The molecule has 114 valence electrons. The van der Waals surface area contributed by atoms with Crippen LogP contribution >= 0.6 is 11.6 Å². The largest absolute Gasteiger partial charge is 0.343 e. The summed E-state index contributed by atoms with van der Waals surface area (Å²) in [5.41, 5.74) is 3.07. The van der Waals surface area contributed by atoms with E-state index in [4.69, 9.17) is 11.6 Å². The van der Waals surface area contributed by atoms with E-state index in [1.54, 1.807) is 30.3 Å². The molecule has 0 aliphatic heterocycles. The fourth-order valence-corrected chi connectivity index (χ4v) is 2.14. The van der Waals surface area contributed by atoms with E-state index in [-0.39, 0.29) is 18.4 Å². The zero-order chi connectivity index (χ0) is 16.1. The molecule has 0 radical (unpaired) electrons. The molecule has 22 heavy (non-hydrogen) atoms. The van der Waals surface area contributed by atoms with Crippen molar-refractivity contribution in [3.05, 3.63) is 64.2 Å². The highest BCUT2D eigenvalue weighted by atomic mass is 35.5. The Morgan fingerprint density at radius 2 is 1.86 bits per heavy atom. The number of carbonyl (C=O) groups excluding carboxylic acids is 2. The molecule has 0 aliphatic rings. The van der Waals surface area contributed by atoms with Crippen LogP contribution < -0.4 is 10.6 Å². The molecule has 2 N–H and O–H groups in total. The van der Waals surface area contributed by atoms with E-state index >= 15 is 0 Å². The summed E-state index contributed by atoms with van der Waals surface area (Å²) in [7, 11) is 0. The van der Waals surface area contributed by atoms with Crippen LogP contribution in [-0.4, -0.2) is 18.4 Å².